The van der Waals surface area contributed by atoms with E-state index in [0.717, 1.165) is 6.33 Å². The van der Waals surface area contributed by atoms with E-state index in [2.05, 4.69) is 9.97 Å². The zero-order valence-corrected chi connectivity index (χ0v) is 3.73. The summed E-state index contributed by atoms with van der Waals surface area (Å²) in [5.74, 6) is -2.31. The lowest BCUT2D eigenvalue weighted by atomic mass is 10.6. The van der Waals surface area contributed by atoms with Gasteiger partial charge in [0, 0.05) is 0 Å². The predicted octanol–water partition coefficient (Wildman–Crippen LogP) is 0.555. The lowest BCUT2D eigenvalue weighted by Gasteiger charge is -1.82. The summed E-state index contributed by atoms with van der Waals surface area (Å²) in [5.41, 5.74) is 0. The van der Waals surface area contributed by atoms with Gasteiger partial charge in [-0.15, -0.1) is 0 Å². The highest BCUT2D eigenvalue weighted by atomic mass is 19.2. The number of rotatable bonds is 0. The Bertz CT molecular complexity index is 168. The fourth-order valence-corrected chi connectivity index (χ4v) is 0.268. The zero-order valence-electron chi connectivity index (χ0n) is 3.73. The van der Waals surface area contributed by atoms with Crippen molar-refractivity contribution >= 4 is 0 Å². The molecule has 0 aliphatic heterocycles. The van der Waals surface area contributed by atoms with Gasteiger partial charge in [-0.25, -0.2) is 9.97 Å². The molecule has 0 atom stereocenters. The summed E-state index contributed by atoms with van der Waals surface area (Å²) >= 11 is 0. The Morgan fingerprint density at radius 3 is 2.62 bits per heavy atom. The van der Waals surface area contributed by atoms with E-state index in [1.165, 1.54) is 0 Å². The normalized spacial score (nSPS) is 9.25. The van der Waals surface area contributed by atoms with Crippen molar-refractivity contribution in [1.29, 1.82) is 0 Å². The molecule has 0 amide bonds. The van der Waals surface area contributed by atoms with Crippen molar-refractivity contribution in [3.63, 3.8) is 0 Å². The van der Waals surface area contributed by atoms with Crippen LogP contribution < -0.4 is 0 Å². The van der Waals surface area contributed by atoms with Gasteiger partial charge < -0.3 is 0 Å². The van der Waals surface area contributed by atoms with Crippen LogP contribution >= 0.6 is 0 Å². The first-order chi connectivity index (χ1) is 3.80. The molecule has 1 aromatic rings. The van der Waals surface area contributed by atoms with Crippen LogP contribution in [-0.2, 0) is 0 Å². The molecular weight excluding hydrogens is 114 g/mol. The van der Waals surface area contributed by atoms with Gasteiger partial charge in [0.2, 0.25) is 5.82 Å². The van der Waals surface area contributed by atoms with Gasteiger partial charge in [-0.2, -0.15) is 8.78 Å². The third-order valence-corrected chi connectivity index (χ3v) is 0.573. The van der Waals surface area contributed by atoms with Gasteiger partial charge in [-0.3, -0.25) is 0 Å². The van der Waals surface area contributed by atoms with Crippen LogP contribution in [0.25, 0.3) is 0 Å². The van der Waals surface area contributed by atoms with Crippen LogP contribution in [0.4, 0.5) is 8.78 Å². The first-order valence-electron chi connectivity index (χ1n) is 1.84. The Hall–Kier alpha value is -1.06. The predicted molar refractivity (Wildman–Crippen MR) is 20.8 cm³/mol. The lowest BCUT2D eigenvalue weighted by molar-refractivity contribution is 0.471. The summed E-state index contributed by atoms with van der Waals surface area (Å²) in [6, 6.07) is 0. The molecule has 0 spiro atoms. The molecule has 41 valence electrons. The molecule has 4 heteroatoms. The van der Waals surface area contributed by atoms with Crippen LogP contribution in [0.2, 0.25) is 0 Å². The standard InChI is InChI=1S/C4HF2N2/c5-3-1-7-2-8-4(3)6/h2H. The number of hydrogen-bond acceptors (Lipinski definition) is 2. The van der Waals surface area contributed by atoms with E-state index in [1.807, 2.05) is 0 Å². The summed E-state index contributed by atoms with van der Waals surface area (Å²) in [6.07, 6.45) is 2.63. The zero-order chi connectivity index (χ0) is 5.98. The molecule has 2 nitrogen and oxygen atoms in total. The number of aromatic nitrogens is 2. The van der Waals surface area contributed by atoms with Crippen molar-refractivity contribution < 1.29 is 8.78 Å². The molecule has 1 heterocycles. The number of nitrogens with zero attached hydrogens (tertiary/aromatic N) is 2. The van der Waals surface area contributed by atoms with Crippen molar-refractivity contribution in [1.82, 2.24) is 9.97 Å². The van der Waals surface area contributed by atoms with Crippen molar-refractivity contribution in [3.8, 4) is 0 Å². The van der Waals surface area contributed by atoms with Gasteiger partial charge in [-0.05, 0) is 0 Å². The van der Waals surface area contributed by atoms with Gasteiger partial charge in [0.15, 0.2) is 0 Å². The third kappa shape index (κ3) is 0.776. The minimum Gasteiger partial charge on any atom is -0.231 e. The number of hydrogen-bond donors (Lipinski definition) is 0. The average molecular weight is 115 g/mol. The van der Waals surface area contributed by atoms with Crippen molar-refractivity contribution in [2.75, 3.05) is 0 Å². The largest absolute Gasteiger partial charge is 0.252 e. The Kier molecular flexibility index (Phi) is 1.15. The summed E-state index contributed by atoms with van der Waals surface area (Å²) in [4.78, 5) is 5.99. The Balaban J connectivity index is 3.13. The smallest absolute Gasteiger partial charge is 0.231 e. The maximum Gasteiger partial charge on any atom is 0.252 e. The molecule has 0 aromatic carbocycles. The SMILES string of the molecule is Fc1[c]ncnc1F. The lowest BCUT2D eigenvalue weighted by Crippen LogP contribution is -1.88. The monoisotopic (exact) mass is 115 g/mol. The second-order valence-electron chi connectivity index (χ2n) is 1.09. The van der Waals surface area contributed by atoms with E-state index in [0.29, 0.717) is 0 Å². The van der Waals surface area contributed by atoms with Crippen LogP contribution in [0.1, 0.15) is 0 Å². The molecule has 0 saturated heterocycles. The van der Waals surface area contributed by atoms with Gasteiger partial charge in [0.05, 0.1) is 0 Å². The Morgan fingerprint density at radius 1 is 1.50 bits per heavy atom. The van der Waals surface area contributed by atoms with Crippen molar-refractivity contribution in [2.24, 2.45) is 0 Å². The Labute approximate surface area is 44.2 Å². The molecule has 0 aliphatic rings. The van der Waals surface area contributed by atoms with Crippen molar-refractivity contribution in [2.45, 2.75) is 0 Å². The summed E-state index contributed by atoms with van der Waals surface area (Å²) in [5, 5.41) is 0. The maximum absolute atomic E-state index is 11.8. The topological polar surface area (TPSA) is 25.8 Å². The second kappa shape index (κ2) is 1.81. The highest BCUT2D eigenvalue weighted by Gasteiger charge is 1.97. The molecular formula is C4HF2N2. The molecule has 0 saturated carbocycles. The fraction of sp³-hybridized carbons (Fsp3) is 0. The van der Waals surface area contributed by atoms with E-state index < -0.39 is 11.8 Å². The van der Waals surface area contributed by atoms with E-state index >= 15 is 0 Å². The van der Waals surface area contributed by atoms with Crippen molar-refractivity contribution in [3.05, 3.63) is 24.3 Å². The summed E-state index contributed by atoms with van der Waals surface area (Å²) < 4.78 is 23.5. The highest BCUT2D eigenvalue weighted by molar-refractivity contribution is 4.82. The van der Waals surface area contributed by atoms with Gasteiger partial charge in [-0.1, -0.05) is 0 Å². The fourth-order valence-electron chi connectivity index (χ4n) is 0.268. The molecule has 0 N–H and O–H groups in total. The van der Waals surface area contributed by atoms with E-state index in [1.54, 1.807) is 6.20 Å². The van der Waals surface area contributed by atoms with Crippen LogP contribution in [-0.4, -0.2) is 9.97 Å². The molecule has 1 rings (SSSR count). The van der Waals surface area contributed by atoms with E-state index in [-0.39, 0.29) is 0 Å². The Morgan fingerprint density at radius 2 is 2.25 bits per heavy atom. The average Bonchev–Trinajstić information content (AvgIpc) is 1.77. The minimum atomic E-state index is -1.17. The van der Waals surface area contributed by atoms with Crippen LogP contribution in [0.3, 0.4) is 0 Å². The van der Waals surface area contributed by atoms with Gasteiger partial charge >= 0.3 is 0 Å². The molecule has 1 radical (unpaired) electrons. The van der Waals surface area contributed by atoms with Crippen LogP contribution in [0.5, 0.6) is 0 Å². The second-order valence-corrected chi connectivity index (χ2v) is 1.09. The highest BCUT2D eigenvalue weighted by Crippen LogP contribution is 1.94. The third-order valence-electron chi connectivity index (χ3n) is 0.573. The summed E-state index contributed by atoms with van der Waals surface area (Å²) in [7, 11) is 0. The summed E-state index contributed by atoms with van der Waals surface area (Å²) in [6.45, 7) is 0. The quantitative estimate of drug-likeness (QED) is 0.461. The first-order valence-corrected chi connectivity index (χ1v) is 1.84. The first kappa shape index (κ1) is 5.08. The minimum absolute atomic E-state index is 0.887. The number of halogens is 2. The molecule has 1 aromatic heterocycles. The van der Waals surface area contributed by atoms with Gasteiger partial charge in [0.25, 0.3) is 5.95 Å². The maximum atomic E-state index is 11.8. The molecule has 0 bridgehead atoms. The molecule has 0 fully saturated rings. The van der Waals surface area contributed by atoms with E-state index in [4.69, 9.17) is 0 Å². The van der Waals surface area contributed by atoms with Crippen LogP contribution in [0.15, 0.2) is 6.33 Å². The molecule has 0 unspecified atom stereocenters. The molecule has 0 aliphatic carbocycles. The van der Waals surface area contributed by atoms with E-state index in [9.17, 15) is 8.78 Å². The molecule has 8 heavy (non-hydrogen) atoms. The van der Waals surface area contributed by atoms with Gasteiger partial charge in [0.1, 0.15) is 12.5 Å². The van der Waals surface area contributed by atoms with Crippen LogP contribution in [0, 0.1) is 18.0 Å².